The first-order valence-corrected chi connectivity index (χ1v) is 8.23. The number of aromatic nitrogens is 1. The maximum Gasteiger partial charge on any atom is 0.146 e. The Morgan fingerprint density at radius 1 is 0.960 bits per heavy atom. The molecule has 0 aliphatic rings. The first kappa shape index (κ1) is 16.6. The molecule has 3 aromatic rings. The van der Waals surface area contributed by atoms with Gasteiger partial charge in [0.25, 0.3) is 0 Å². The van der Waals surface area contributed by atoms with Gasteiger partial charge in [0.05, 0.1) is 5.56 Å². The molecule has 0 aliphatic heterocycles. The zero-order valence-electron chi connectivity index (χ0n) is 13.8. The van der Waals surface area contributed by atoms with Crippen molar-refractivity contribution in [1.29, 1.82) is 5.26 Å². The molecule has 1 atom stereocenters. The predicted octanol–water partition coefficient (Wildman–Crippen LogP) is 4.09. The average Bonchev–Trinajstić information content (AvgIpc) is 2.68. The van der Waals surface area contributed by atoms with Gasteiger partial charge in [-0.2, -0.15) is 5.26 Å². The number of benzene rings is 2. The van der Waals surface area contributed by atoms with E-state index in [4.69, 9.17) is 5.26 Å². The van der Waals surface area contributed by atoms with Crippen LogP contribution in [-0.4, -0.2) is 10.8 Å². The number of ketones is 1. The van der Waals surface area contributed by atoms with Crippen LogP contribution in [0.25, 0.3) is 0 Å². The molecule has 1 heterocycles. The maximum atomic E-state index is 13.0. The maximum absolute atomic E-state index is 13.0. The monoisotopic (exact) mass is 326 g/mol. The zero-order valence-corrected chi connectivity index (χ0v) is 13.8. The van der Waals surface area contributed by atoms with Crippen molar-refractivity contribution in [2.75, 3.05) is 0 Å². The van der Waals surface area contributed by atoms with Gasteiger partial charge in [0, 0.05) is 24.2 Å². The minimum atomic E-state index is -0.207. The highest BCUT2D eigenvalue weighted by atomic mass is 16.1. The number of rotatable bonds is 6. The molecule has 0 N–H and O–H groups in total. The van der Waals surface area contributed by atoms with Crippen LogP contribution in [0.5, 0.6) is 0 Å². The van der Waals surface area contributed by atoms with Gasteiger partial charge in [-0.3, -0.25) is 9.78 Å². The molecule has 3 heteroatoms. The van der Waals surface area contributed by atoms with E-state index in [1.807, 2.05) is 66.7 Å². The Kier molecular flexibility index (Phi) is 5.33. The van der Waals surface area contributed by atoms with Gasteiger partial charge in [0.15, 0.2) is 0 Å². The number of nitriles is 1. The molecule has 122 valence electrons. The van der Waals surface area contributed by atoms with Crippen LogP contribution in [0.4, 0.5) is 0 Å². The number of hydrogen-bond acceptors (Lipinski definition) is 3. The highest BCUT2D eigenvalue weighted by Crippen LogP contribution is 2.23. The third-order valence-corrected chi connectivity index (χ3v) is 4.18. The summed E-state index contributed by atoms with van der Waals surface area (Å²) >= 11 is 0. The number of carbonyl (C=O) groups is 1. The SMILES string of the molecule is N#Cc1ccc(CC(=O)C(Cc2ccccc2)c2ccccc2)nc1. The lowest BCUT2D eigenvalue weighted by Crippen LogP contribution is -2.18. The molecule has 3 rings (SSSR count). The van der Waals surface area contributed by atoms with Crippen LogP contribution in [0.2, 0.25) is 0 Å². The van der Waals surface area contributed by atoms with Gasteiger partial charge in [0.1, 0.15) is 11.9 Å². The van der Waals surface area contributed by atoms with Gasteiger partial charge >= 0.3 is 0 Å². The Balaban J connectivity index is 1.82. The first-order valence-electron chi connectivity index (χ1n) is 8.23. The topological polar surface area (TPSA) is 53.8 Å². The number of carbonyl (C=O) groups excluding carboxylic acids is 1. The summed E-state index contributed by atoms with van der Waals surface area (Å²) in [5, 5.41) is 8.85. The number of Topliss-reactive ketones (excluding diaryl/α,β-unsaturated/α-hetero) is 1. The summed E-state index contributed by atoms with van der Waals surface area (Å²) < 4.78 is 0. The molecule has 3 nitrogen and oxygen atoms in total. The molecule has 1 aromatic heterocycles. The predicted molar refractivity (Wildman–Crippen MR) is 97.0 cm³/mol. The molecule has 0 amide bonds. The van der Waals surface area contributed by atoms with E-state index < -0.39 is 0 Å². The Morgan fingerprint density at radius 2 is 1.64 bits per heavy atom. The van der Waals surface area contributed by atoms with Gasteiger partial charge in [-0.15, -0.1) is 0 Å². The molecular formula is C22H18N2O. The van der Waals surface area contributed by atoms with Gasteiger partial charge < -0.3 is 0 Å². The fourth-order valence-corrected chi connectivity index (χ4v) is 2.85. The number of hydrogen-bond donors (Lipinski definition) is 0. The van der Waals surface area contributed by atoms with E-state index in [9.17, 15) is 4.79 Å². The lowest BCUT2D eigenvalue weighted by atomic mass is 9.86. The molecule has 0 saturated heterocycles. The normalized spacial score (nSPS) is 11.5. The molecule has 2 aromatic carbocycles. The van der Waals surface area contributed by atoms with E-state index in [2.05, 4.69) is 4.98 Å². The summed E-state index contributed by atoms with van der Waals surface area (Å²) in [6.45, 7) is 0. The fraction of sp³-hybridized carbons (Fsp3) is 0.136. The minimum absolute atomic E-state index is 0.132. The summed E-state index contributed by atoms with van der Waals surface area (Å²) in [5.74, 6) is -0.0756. The summed E-state index contributed by atoms with van der Waals surface area (Å²) in [6, 6.07) is 25.4. The summed E-state index contributed by atoms with van der Waals surface area (Å²) in [7, 11) is 0. The molecule has 0 bridgehead atoms. The highest BCUT2D eigenvalue weighted by molar-refractivity contribution is 5.87. The zero-order chi connectivity index (χ0) is 17.5. The van der Waals surface area contributed by atoms with E-state index in [1.165, 1.54) is 6.20 Å². The third-order valence-electron chi connectivity index (χ3n) is 4.18. The average molecular weight is 326 g/mol. The minimum Gasteiger partial charge on any atom is -0.299 e. The molecular weight excluding hydrogens is 308 g/mol. The van der Waals surface area contributed by atoms with E-state index in [0.717, 1.165) is 11.1 Å². The molecule has 25 heavy (non-hydrogen) atoms. The lowest BCUT2D eigenvalue weighted by molar-refractivity contribution is -0.119. The van der Waals surface area contributed by atoms with Gasteiger partial charge in [0.2, 0.25) is 0 Å². The van der Waals surface area contributed by atoms with E-state index in [0.29, 0.717) is 17.7 Å². The second kappa shape index (κ2) is 8.03. The molecule has 0 spiro atoms. The van der Waals surface area contributed by atoms with Crippen molar-refractivity contribution in [2.24, 2.45) is 0 Å². The van der Waals surface area contributed by atoms with Crippen molar-refractivity contribution in [1.82, 2.24) is 4.98 Å². The molecule has 0 fully saturated rings. The second-order valence-corrected chi connectivity index (χ2v) is 5.95. The van der Waals surface area contributed by atoms with Crippen LogP contribution in [-0.2, 0) is 17.6 Å². The summed E-state index contributed by atoms with van der Waals surface area (Å²) in [4.78, 5) is 17.2. The van der Waals surface area contributed by atoms with E-state index >= 15 is 0 Å². The molecule has 0 radical (unpaired) electrons. The van der Waals surface area contributed by atoms with E-state index in [-0.39, 0.29) is 18.1 Å². The number of pyridine rings is 1. The van der Waals surface area contributed by atoms with Crippen molar-refractivity contribution in [3.63, 3.8) is 0 Å². The summed E-state index contributed by atoms with van der Waals surface area (Å²) in [5.41, 5.74) is 3.35. The van der Waals surface area contributed by atoms with Gasteiger partial charge in [-0.05, 0) is 29.7 Å². The van der Waals surface area contributed by atoms with Crippen molar-refractivity contribution < 1.29 is 4.79 Å². The standard InChI is InChI=1S/C22H18N2O/c23-15-18-11-12-20(24-16-18)14-22(25)21(19-9-5-2-6-10-19)13-17-7-3-1-4-8-17/h1-12,16,21H,13-14H2. The Morgan fingerprint density at radius 3 is 2.24 bits per heavy atom. The number of nitrogens with zero attached hydrogens (tertiary/aromatic N) is 2. The van der Waals surface area contributed by atoms with Crippen molar-refractivity contribution >= 4 is 5.78 Å². The van der Waals surface area contributed by atoms with Crippen LogP contribution >= 0.6 is 0 Å². The van der Waals surface area contributed by atoms with Crippen LogP contribution in [0.1, 0.15) is 28.3 Å². The first-order chi connectivity index (χ1) is 12.3. The van der Waals surface area contributed by atoms with Gasteiger partial charge in [-0.25, -0.2) is 0 Å². The highest BCUT2D eigenvalue weighted by Gasteiger charge is 2.21. The third kappa shape index (κ3) is 4.39. The van der Waals surface area contributed by atoms with Gasteiger partial charge in [-0.1, -0.05) is 60.7 Å². The van der Waals surface area contributed by atoms with Crippen LogP contribution in [0.15, 0.2) is 79.0 Å². The van der Waals surface area contributed by atoms with Crippen LogP contribution < -0.4 is 0 Å². The van der Waals surface area contributed by atoms with Crippen LogP contribution in [0, 0.1) is 11.3 Å². The van der Waals surface area contributed by atoms with Crippen molar-refractivity contribution in [3.8, 4) is 6.07 Å². The molecule has 0 saturated carbocycles. The van der Waals surface area contributed by atoms with E-state index in [1.54, 1.807) is 12.1 Å². The Hall–Kier alpha value is -3.25. The second-order valence-electron chi connectivity index (χ2n) is 5.95. The van der Waals surface area contributed by atoms with Crippen molar-refractivity contribution in [3.05, 3.63) is 101 Å². The molecule has 1 unspecified atom stereocenters. The largest absolute Gasteiger partial charge is 0.299 e. The molecule has 0 aliphatic carbocycles. The van der Waals surface area contributed by atoms with Crippen LogP contribution in [0.3, 0.4) is 0 Å². The smallest absolute Gasteiger partial charge is 0.146 e. The fourth-order valence-electron chi connectivity index (χ4n) is 2.85. The lowest BCUT2D eigenvalue weighted by Gasteiger charge is -2.16. The quantitative estimate of drug-likeness (QED) is 0.685. The Bertz CT molecular complexity index is 865. The van der Waals surface area contributed by atoms with Crippen molar-refractivity contribution in [2.45, 2.75) is 18.8 Å². The Labute approximate surface area is 147 Å². The summed E-state index contributed by atoms with van der Waals surface area (Å²) in [6.07, 6.45) is 2.44.